The minimum Gasteiger partial charge on any atom is -0.369 e. The fourth-order valence-electron chi connectivity index (χ4n) is 2.81. The smallest absolute Gasteiger partial charge is 0.231 e. The average Bonchev–Trinajstić information content (AvgIpc) is 3.22. The van der Waals surface area contributed by atoms with Crippen molar-refractivity contribution in [2.45, 2.75) is 22.4 Å². The molecule has 1 aromatic heterocycles. The first-order valence-electron chi connectivity index (χ1n) is 8.51. The summed E-state index contributed by atoms with van der Waals surface area (Å²) in [6, 6.07) is 7.72. The largest absolute Gasteiger partial charge is 0.369 e. The van der Waals surface area contributed by atoms with Gasteiger partial charge in [-0.25, -0.2) is 4.98 Å². The molecule has 1 aromatic carbocycles. The number of rotatable bonds is 7. The van der Waals surface area contributed by atoms with E-state index in [2.05, 4.69) is 10.3 Å². The predicted molar refractivity (Wildman–Crippen MR) is 114 cm³/mol. The third-order valence-corrected chi connectivity index (χ3v) is 7.41. The summed E-state index contributed by atoms with van der Waals surface area (Å²) in [5.74, 6) is -0.961. The number of primary amides is 1. The van der Waals surface area contributed by atoms with E-state index in [0.29, 0.717) is 11.7 Å². The molecule has 148 valence electrons. The third kappa shape index (κ3) is 4.86. The van der Waals surface area contributed by atoms with E-state index in [-0.39, 0.29) is 24.0 Å². The van der Waals surface area contributed by atoms with Crippen molar-refractivity contribution in [1.29, 1.82) is 0 Å². The fourth-order valence-corrected chi connectivity index (χ4v) is 5.10. The molecule has 3 rings (SSSR count). The first kappa shape index (κ1) is 20.7. The van der Waals surface area contributed by atoms with Crippen LogP contribution in [0.15, 0.2) is 33.4 Å². The van der Waals surface area contributed by atoms with Gasteiger partial charge in [-0.15, -0.1) is 23.5 Å². The number of nitrogens with one attached hydrogen (secondary N) is 1. The summed E-state index contributed by atoms with van der Waals surface area (Å²) in [7, 11) is 0. The van der Waals surface area contributed by atoms with Crippen molar-refractivity contribution in [2.75, 3.05) is 28.8 Å². The van der Waals surface area contributed by atoms with Crippen LogP contribution in [0.3, 0.4) is 0 Å². The predicted octanol–water partition coefficient (Wildman–Crippen LogP) is 2.74. The third-order valence-electron chi connectivity index (χ3n) is 4.21. The van der Waals surface area contributed by atoms with E-state index >= 15 is 0 Å². The molecule has 1 fully saturated rings. The van der Waals surface area contributed by atoms with Gasteiger partial charge in [-0.05, 0) is 37.4 Å². The highest BCUT2D eigenvalue weighted by Gasteiger charge is 2.35. The van der Waals surface area contributed by atoms with Gasteiger partial charge in [0, 0.05) is 23.5 Å². The van der Waals surface area contributed by atoms with Crippen molar-refractivity contribution in [3.63, 3.8) is 0 Å². The number of anilines is 2. The Labute approximate surface area is 175 Å². The molecule has 0 spiro atoms. The second kappa shape index (κ2) is 8.97. The topological polar surface area (TPSA) is 105 Å². The molecule has 1 aliphatic rings. The molecule has 28 heavy (non-hydrogen) atoms. The molecule has 3 N–H and O–H groups in total. The number of benzene rings is 1. The maximum atomic E-state index is 12.6. The Bertz CT molecular complexity index is 898. The maximum absolute atomic E-state index is 12.6. The van der Waals surface area contributed by atoms with E-state index in [4.69, 9.17) is 5.73 Å². The maximum Gasteiger partial charge on any atom is 0.231 e. The number of aromatic nitrogens is 1. The Morgan fingerprint density at radius 1 is 1.36 bits per heavy atom. The van der Waals surface area contributed by atoms with Crippen LogP contribution in [-0.2, 0) is 14.4 Å². The highest BCUT2D eigenvalue weighted by Crippen LogP contribution is 2.33. The molecule has 0 radical (unpaired) electrons. The number of hydrogen-bond acceptors (Lipinski definition) is 7. The summed E-state index contributed by atoms with van der Waals surface area (Å²) in [5, 5.41) is 3.26. The number of thiazole rings is 1. The lowest BCUT2D eigenvalue weighted by Crippen LogP contribution is -2.28. The molecule has 3 amide bonds. The number of hydrogen-bond donors (Lipinski definition) is 2. The SMILES string of the molecule is CSc1ccc(N2CC(C(=O)Nc3nc(C)c(SCC(N)=O)s3)CC2=O)cc1. The van der Waals surface area contributed by atoms with E-state index in [9.17, 15) is 14.4 Å². The number of thioether (sulfide) groups is 2. The summed E-state index contributed by atoms with van der Waals surface area (Å²) in [5.41, 5.74) is 6.71. The first-order chi connectivity index (χ1) is 13.4. The van der Waals surface area contributed by atoms with Crippen LogP contribution in [0.4, 0.5) is 10.8 Å². The van der Waals surface area contributed by atoms with Crippen LogP contribution >= 0.6 is 34.9 Å². The van der Waals surface area contributed by atoms with Crippen LogP contribution in [0.25, 0.3) is 0 Å². The molecule has 0 aliphatic carbocycles. The Balaban J connectivity index is 1.63. The monoisotopic (exact) mass is 436 g/mol. The summed E-state index contributed by atoms with van der Waals surface area (Å²) < 4.78 is 0.840. The average molecular weight is 437 g/mol. The van der Waals surface area contributed by atoms with E-state index in [0.717, 1.165) is 20.5 Å². The van der Waals surface area contributed by atoms with Crippen molar-refractivity contribution < 1.29 is 14.4 Å². The molecule has 1 aliphatic heterocycles. The lowest BCUT2D eigenvalue weighted by molar-refractivity contribution is -0.122. The van der Waals surface area contributed by atoms with Gasteiger partial charge < -0.3 is 16.0 Å². The molecule has 0 saturated carbocycles. The van der Waals surface area contributed by atoms with E-state index < -0.39 is 11.8 Å². The lowest BCUT2D eigenvalue weighted by atomic mass is 10.1. The molecule has 2 heterocycles. The normalized spacial score (nSPS) is 16.4. The van der Waals surface area contributed by atoms with E-state index in [1.54, 1.807) is 16.7 Å². The molecule has 2 aromatic rings. The molecule has 10 heteroatoms. The zero-order valence-electron chi connectivity index (χ0n) is 15.4. The number of nitrogens with zero attached hydrogens (tertiary/aromatic N) is 2. The minimum absolute atomic E-state index is 0.0647. The fraction of sp³-hybridized carbons (Fsp3) is 0.333. The van der Waals surface area contributed by atoms with Crippen molar-refractivity contribution >= 4 is 63.4 Å². The van der Waals surface area contributed by atoms with Gasteiger partial charge in [-0.2, -0.15) is 0 Å². The summed E-state index contributed by atoms with van der Waals surface area (Å²) in [4.78, 5) is 43.0. The van der Waals surface area contributed by atoms with Crippen molar-refractivity contribution in [3.8, 4) is 0 Å². The van der Waals surface area contributed by atoms with Gasteiger partial charge in [0.25, 0.3) is 0 Å². The Morgan fingerprint density at radius 2 is 2.07 bits per heavy atom. The van der Waals surface area contributed by atoms with Gasteiger partial charge in [0.2, 0.25) is 17.7 Å². The van der Waals surface area contributed by atoms with Crippen LogP contribution in [-0.4, -0.2) is 41.3 Å². The van der Waals surface area contributed by atoms with Crippen LogP contribution in [0.2, 0.25) is 0 Å². The molecule has 1 atom stereocenters. The van der Waals surface area contributed by atoms with Crippen LogP contribution in [0.1, 0.15) is 12.1 Å². The highest BCUT2D eigenvalue weighted by atomic mass is 32.2. The number of carbonyl (C=O) groups excluding carboxylic acids is 3. The highest BCUT2D eigenvalue weighted by molar-refractivity contribution is 8.01. The Hall–Kier alpha value is -2.04. The quantitative estimate of drug-likeness (QED) is 0.647. The van der Waals surface area contributed by atoms with E-state index in [1.807, 2.05) is 37.4 Å². The molecule has 1 saturated heterocycles. The summed E-state index contributed by atoms with van der Waals surface area (Å²) in [6.45, 7) is 2.16. The molecule has 1 unspecified atom stereocenters. The van der Waals surface area contributed by atoms with Crippen LogP contribution in [0, 0.1) is 12.8 Å². The molecule has 0 bridgehead atoms. The number of nitrogens with two attached hydrogens (primary N) is 1. The Morgan fingerprint density at radius 3 is 2.71 bits per heavy atom. The van der Waals surface area contributed by atoms with Gasteiger partial charge in [0.1, 0.15) is 0 Å². The van der Waals surface area contributed by atoms with Crippen molar-refractivity contribution in [3.05, 3.63) is 30.0 Å². The lowest BCUT2D eigenvalue weighted by Gasteiger charge is -2.16. The van der Waals surface area contributed by atoms with Crippen LogP contribution < -0.4 is 16.0 Å². The van der Waals surface area contributed by atoms with Crippen molar-refractivity contribution in [1.82, 2.24) is 4.98 Å². The zero-order chi connectivity index (χ0) is 20.3. The van der Waals surface area contributed by atoms with Gasteiger partial charge in [0.15, 0.2) is 5.13 Å². The number of aryl methyl sites for hydroxylation is 1. The first-order valence-corrected chi connectivity index (χ1v) is 11.5. The van der Waals surface area contributed by atoms with Gasteiger partial charge in [-0.1, -0.05) is 11.3 Å². The summed E-state index contributed by atoms with van der Waals surface area (Å²) in [6.07, 6.45) is 2.16. The molecule has 7 nitrogen and oxygen atoms in total. The summed E-state index contributed by atoms with van der Waals surface area (Å²) >= 11 is 4.24. The van der Waals surface area contributed by atoms with Gasteiger partial charge in [0.05, 0.1) is 21.6 Å². The van der Waals surface area contributed by atoms with Crippen LogP contribution in [0.5, 0.6) is 0 Å². The zero-order valence-corrected chi connectivity index (χ0v) is 17.9. The minimum atomic E-state index is -0.432. The second-order valence-corrected chi connectivity index (χ2v) is 9.36. The standard InChI is InChI=1S/C18H20N4O3S3/c1-10-17(27-9-14(19)23)28-18(20-10)21-16(25)11-7-15(24)22(8-11)12-3-5-13(26-2)6-4-12/h3-6,11H,7-9H2,1-2H3,(H2,19,23)(H,20,21,25). The molecular formula is C18H20N4O3S3. The second-order valence-electron chi connectivity index (χ2n) is 6.24. The Kier molecular flexibility index (Phi) is 6.63. The number of carbonyl (C=O) groups is 3. The number of amides is 3. The van der Waals surface area contributed by atoms with Gasteiger partial charge >= 0.3 is 0 Å². The van der Waals surface area contributed by atoms with Gasteiger partial charge in [-0.3, -0.25) is 14.4 Å². The molecular weight excluding hydrogens is 416 g/mol. The van der Waals surface area contributed by atoms with E-state index in [1.165, 1.54) is 23.1 Å². The van der Waals surface area contributed by atoms with Crippen molar-refractivity contribution in [2.24, 2.45) is 11.7 Å².